The minimum atomic E-state index is -4.65. The second kappa shape index (κ2) is 6.74. The van der Waals surface area contributed by atoms with Gasteiger partial charge in [0.2, 0.25) is 10.0 Å². The van der Waals surface area contributed by atoms with Crippen LogP contribution < -0.4 is 10.0 Å². The predicted molar refractivity (Wildman–Crippen MR) is 85.4 cm³/mol. The highest BCUT2D eigenvalue weighted by atomic mass is 32.2. The van der Waals surface area contributed by atoms with Gasteiger partial charge in [-0.05, 0) is 11.6 Å². The third-order valence-corrected chi connectivity index (χ3v) is 5.56. The molecule has 9 heteroatoms. The van der Waals surface area contributed by atoms with Crippen molar-refractivity contribution in [3.8, 4) is 0 Å². The van der Waals surface area contributed by atoms with Gasteiger partial charge in [0.15, 0.2) is 0 Å². The summed E-state index contributed by atoms with van der Waals surface area (Å²) in [5.41, 5.74) is -0.137. The molecule has 0 radical (unpaired) electrons. The van der Waals surface area contributed by atoms with E-state index >= 15 is 0 Å². The molecular formula is C16H16F3N3O2S. The van der Waals surface area contributed by atoms with E-state index in [1.54, 1.807) is 0 Å². The molecule has 134 valence electrons. The van der Waals surface area contributed by atoms with E-state index in [2.05, 4.69) is 15.0 Å². The second-order valence-corrected chi connectivity index (χ2v) is 7.52. The Labute approximate surface area is 143 Å². The summed E-state index contributed by atoms with van der Waals surface area (Å²) in [6.07, 6.45) is -3.14. The Balaban J connectivity index is 1.84. The number of aromatic nitrogens is 1. The van der Waals surface area contributed by atoms with Crippen LogP contribution in [-0.4, -0.2) is 32.5 Å². The normalized spacial score (nSPS) is 21.4. The van der Waals surface area contributed by atoms with Crippen molar-refractivity contribution in [2.45, 2.75) is 23.0 Å². The lowest BCUT2D eigenvalue weighted by molar-refractivity contribution is -0.138. The van der Waals surface area contributed by atoms with Crippen LogP contribution in [-0.2, 0) is 16.2 Å². The molecule has 5 nitrogen and oxygen atoms in total. The third-order valence-electron chi connectivity index (χ3n) is 4.10. The highest BCUT2D eigenvalue weighted by molar-refractivity contribution is 7.89. The van der Waals surface area contributed by atoms with E-state index in [1.807, 2.05) is 30.3 Å². The Morgan fingerprint density at radius 3 is 2.52 bits per heavy atom. The zero-order chi connectivity index (χ0) is 18.1. The van der Waals surface area contributed by atoms with Crippen LogP contribution in [0.15, 0.2) is 53.7 Å². The fourth-order valence-corrected chi connectivity index (χ4v) is 4.11. The van der Waals surface area contributed by atoms with Crippen molar-refractivity contribution >= 4 is 10.0 Å². The fraction of sp³-hybridized carbons (Fsp3) is 0.312. The van der Waals surface area contributed by atoms with Gasteiger partial charge in [-0.15, -0.1) is 0 Å². The van der Waals surface area contributed by atoms with Crippen LogP contribution in [0, 0.1) is 0 Å². The summed E-state index contributed by atoms with van der Waals surface area (Å²) in [6.45, 7) is 0.975. The average Bonchev–Trinajstić information content (AvgIpc) is 3.02. The lowest BCUT2D eigenvalue weighted by Gasteiger charge is -2.20. The quantitative estimate of drug-likeness (QED) is 0.864. The molecule has 2 N–H and O–H groups in total. The standard InChI is InChI=1S/C16H16F3N3O2S/c17-16(18,19)12-6-13(8-20-7-12)25(23,24)22-15-10-21-9-14(15)11-4-2-1-3-5-11/h1-8,14-15,21-22H,9-10H2/t14-,15+/m0/s1. The molecule has 1 aromatic carbocycles. The first-order valence-electron chi connectivity index (χ1n) is 7.57. The molecule has 25 heavy (non-hydrogen) atoms. The molecule has 2 atom stereocenters. The van der Waals surface area contributed by atoms with Crippen LogP contribution >= 0.6 is 0 Å². The Hall–Kier alpha value is -1.97. The van der Waals surface area contributed by atoms with Crippen molar-refractivity contribution < 1.29 is 21.6 Å². The molecule has 0 amide bonds. The maximum Gasteiger partial charge on any atom is 0.417 e. The molecule has 3 rings (SSSR count). The van der Waals surface area contributed by atoms with Gasteiger partial charge >= 0.3 is 6.18 Å². The summed E-state index contributed by atoms with van der Waals surface area (Å²) in [6, 6.07) is 9.50. The zero-order valence-electron chi connectivity index (χ0n) is 13.0. The number of alkyl halides is 3. The number of pyridine rings is 1. The van der Waals surface area contributed by atoms with E-state index in [-0.39, 0.29) is 5.92 Å². The van der Waals surface area contributed by atoms with Crippen molar-refractivity contribution in [3.05, 3.63) is 59.9 Å². The average molecular weight is 371 g/mol. The van der Waals surface area contributed by atoms with E-state index in [1.165, 1.54) is 0 Å². The van der Waals surface area contributed by atoms with Gasteiger partial charge in [-0.3, -0.25) is 4.98 Å². The number of hydrogen-bond acceptors (Lipinski definition) is 4. The van der Waals surface area contributed by atoms with Gasteiger partial charge in [0, 0.05) is 37.4 Å². The minimum Gasteiger partial charge on any atom is -0.314 e. The second-order valence-electron chi connectivity index (χ2n) is 5.81. The van der Waals surface area contributed by atoms with E-state index < -0.39 is 32.7 Å². The van der Waals surface area contributed by atoms with Crippen LogP contribution in [0.1, 0.15) is 17.0 Å². The van der Waals surface area contributed by atoms with Crippen LogP contribution in [0.5, 0.6) is 0 Å². The smallest absolute Gasteiger partial charge is 0.314 e. The number of hydrogen-bond donors (Lipinski definition) is 2. The number of sulfonamides is 1. The fourth-order valence-electron chi connectivity index (χ4n) is 2.84. The minimum absolute atomic E-state index is 0.102. The summed E-state index contributed by atoms with van der Waals surface area (Å²) in [5.74, 6) is -0.102. The predicted octanol–water partition coefficient (Wildman–Crippen LogP) is 2.13. The van der Waals surface area contributed by atoms with E-state index in [4.69, 9.17) is 0 Å². The van der Waals surface area contributed by atoms with Crippen molar-refractivity contribution in [1.82, 2.24) is 15.0 Å². The molecule has 2 heterocycles. The topological polar surface area (TPSA) is 71.1 Å². The van der Waals surface area contributed by atoms with Gasteiger partial charge in [-0.2, -0.15) is 13.2 Å². The first-order valence-corrected chi connectivity index (χ1v) is 9.06. The van der Waals surface area contributed by atoms with E-state index in [9.17, 15) is 21.6 Å². The molecule has 1 aromatic heterocycles. The van der Waals surface area contributed by atoms with Crippen molar-refractivity contribution in [2.75, 3.05) is 13.1 Å². The molecule has 0 aliphatic carbocycles. The SMILES string of the molecule is O=S(=O)(N[C@@H]1CNC[C@H]1c1ccccc1)c1cncc(C(F)(F)F)c1. The third kappa shape index (κ3) is 4.00. The van der Waals surface area contributed by atoms with E-state index in [0.29, 0.717) is 25.4 Å². The maximum absolute atomic E-state index is 12.8. The summed E-state index contributed by atoms with van der Waals surface area (Å²) < 4.78 is 65.8. The van der Waals surface area contributed by atoms with Crippen molar-refractivity contribution in [3.63, 3.8) is 0 Å². The van der Waals surface area contributed by atoms with Gasteiger partial charge < -0.3 is 5.32 Å². The van der Waals surface area contributed by atoms with Crippen molar-refractivity contribution in [1.29, 1.82) is 0 Å². The lowest BCUT2D eigenvalue weighted by Crippen LogP contribution is -2.39. The number of rotatable bonds is 4. The lowest BCUT2D eigenvalue weighted by atomic mass is 9.95. The summed E-state index contributed by atoms with van der Waals surface area (Å²) in [7, 11) is -4.12. The summed E-state index contributed by atoms with van der Waals surface area (Å²) >= 11 is 0. The largest absolute Gasteiger partial charge is 0.417 e. The van der Waals surface area contributed by atoms with Gasteiger partial charge in [0.1, 0.15) is 4.90 Å². The van der Waals surface area contributed by atoms with Gasteiger partial charge in [-0.25, -0.2) is 13.1 Å². The first-order chi connectivity index (χ1) is 11.8. The summed E-state index contributed by atoms with van der Waals surface area (Å²) in [5, 5.41) is 3.11. The molecule has 2 aromatic rings. The Morgan fingerprint density at radius 2 is 1.84 bits per heavy atom. The first kappa shape index (κ1) is 17.8. The van der Waals surface area contributed by atoms with Crippen LogP contribution in [0.25, 0.3) is 0 Å². The van der Waals surface area contributed by atoms with Gasteiger partial charge in [0.05, 0.1) is 5.56 Å². The number of halogens is 3. The number of nitrogens with one attached hydrogen (secondary N) is 2. The zero-order valence-corrected chi connectivity index (χ0v) is 13.8. The summed E-state index contributed by atoms with van der Waals surface area (Å²) in [4.78, 5) is 2.92. The molecule has 1 saturated heterocycles. The Bertz CT molecular complexity index is 841. The molecular weight excluding hydrogens is 355 g/mol. The van der Waals surface area contributed by atoms with Crippen LogP contribution in [0.2, 0.25) is 0 Å². The molecule has 0 spiro atoms. The highest BCUT2D eigenvalue weighted by Gasteiger charge is 2.35. The molecule has 1 aliphatic heterocycles. The molecule has 0 unspecified atom stereocenters. The molecule has 1 fully saturated rings. The maximum atomic E-state index is 12.8. The molecule has 0 saturated carbocycles. The van der Waals surface area contributed by atoms with Gasteiger partial charge in [-0.1, -0.05) is 30.3 Å². The van der Waals surface area contributed by atoms with E-state index in [0.717, 1.165) is 11.8 Å². The monoisotopic (exact) mass is 371 g/mol. The van der Waals surface area contributed by atoms with Crippen LogP contribution in [0.3, 0.4) is 0 Å². The van der Waals surface area contributed by atoms with Crippen molar-refractivity contribution in [2.24, 2.45) is 0 Å². The number of benzene rings is 1. The Kier molecular flexibility index (Phi) is 4.81. The highest BCUT2D eigenvalue weighted by Crippen LogP contribution is 2.30. The molecule has 1 aliphatic rings. The Morgan fingerprint density at radius 1 is 1.12 bits per heavy atom. The molecule has 0 bridgehead atoms. The van der Waals surface area contributed by atoms with Gasteiger partial charge in [0.25, 0.3) is 0 Å². The van der Waals surface area contributed by atoms with Crippen LogP contribution in [0.4, 0.5) is 13.2 Å². The number of nitrogens with zero attached hydrogens (tertiary/aromatic N) is 1.